The summed E-state index contributed by atoms with van der Waals surface area (Å²) in [5.74, 6) is 0. The Morgan fingerprint density at radius 3 is 2.61 bits per heavy atom. The first-order valence-electron chi connectivity index (χ1n) is 6.24. The summed E-state index contributed by atoms with van der Waals surface area (Å²) in [6, 6.07) is 3.94. The number of aliphatic hydroxyl groups excluding tert-OH is 1. The number of rotatable bonds is 3. The SMILES string of the molecule is C[C@H](CO)N1CCC(O)(c2ccc(Br)nc2)CC1. The van der Waals surface area contributed by atoms with Crippen LogP contribution in [-0.2, 0) is 5.60 Å². The van der Waals surface area contributed by atoms with E-state index in [1.165, 1.54) is 0 Å². The Morgan fingerprint density at radius 2 is 2.11 bits per heavy atom. The third-order valence-corrected chi connectivity index (χ3v) is 4.25. The van der Waals surface area contributed by atoms with Crippen molar-refractivity contribution in [1.29, 1.82) is 0 Å². The van der Waals surface area contributed by atoms with E-state index in [0.29, 0.717) is 12.8 Å². The molecule has 1 saturated heterocycles. The number of halogens is 1. The van der Waals surface area contributed by atoms with Gasteiger partial charge in [0.2, 0.25) is 0 Å². The van der Waals surface area contributed by atoms with E-state index in [0.717, 1.165) is 23.3 Å². The summed E-state index contributed by atoms with van der Waals surface area (Å²) in [5, 5.41) is 19.8. The van der Waals surface area contributed by atoms with E-state index in [9.17, 15) is 5.11 Å². The van der Waals surface area contributed by atoms with Gasteiger partial charge < -0.3 is 10.2 Å². The summed E-state index contributed by atoms with van der Waals surface area (Å²) < 4.78 is 0.779. The van der Waals surface area contributed by atoms with E-state index in [2.05, 4.69) is 25.8 Å². The Kier molecular flexibility index (Phi) is 4.37. The number of nitrogens with zero attached hydrogens (tertiary/aromatic N) is 2. The fourth-order valence-electron chi connectivity index (χ4n) is 2.39. The maximum absolute atomic E-state index is 10.7. The molecule has 1 aromatic rings. The molecule has 4 nitrogen and oxygen atoms in total. The van der Waals surface area contributed by atoms with Crippen molar-refractivity contribution < 1.29 is 10.2 Å². The van der Waals surface area contributed by atoms with Gasteiger partial charge in [-0.3, -0.25) is 4.90 Å². The van der Waals surface area contributed by atoms with Crippen LogP contribution in [0.3, 0.4) is 0 Å². The van der Waals surface area contributed by atoms with Crippen LogP contribution in [0.4, 0.5) is 0 Å². The van der Waals surface area contributed by atoms with Crippen LogP contribution in [0.5, 0.6) is 0 Å². The Morgan fingerprint density at radius 1 is 1.44 bits per heavy atom. The molecule has 2 heterocycles. The molecule has 2 N–H and O–H groups in total. The fraction of sp³-hybridized carbons (Fsp3) is 0.615. The van der Waals surface area contributed by atoms with Gasteiger partial charge in [0.05, 0.1) is 12.2 Å². The largest absolute Gasteiger partial charge is 0.395 e. The molecule has 0 spiro atoms. The van der Waals surface area contributed by atoms with Crippen LogP contribution in [0, 0.1) is 0 Å². The molecule has 1 atom stereocenters. The minimum absolute atomic E-state index is 0.164. The van der Waals surface area contributed by atoms with Crippen molar-refractivity contribution in [2.75, 3.05) is 19.7 Å². The standard InChI is InChI=1S/C13H19BrN2O2/c1-10(9-17)16-6-4-13(18,5-7-16)11-2-3-12(14)15-8-11/h2-3,8,10,17-18H,4-7,9H2,1H3/t10-/m1/s1. The van der Waals surface area contributed by atoms with Crippen molar-refractivity contribution in [3.8, 4) is 0 Å². The Balaban J connectivity index is 2.05. The van der Waals surface area contributed by atoms with Crippen LogP contribution in [-0.4, -0.2) is 45.8 Å². The van der Waals surface area contributed by atoms with Gasteiger partial charge in [0.1, 0.15) is 4.60 Å². The monoisotopic (exact) mass is 314 g/mol. The quantitative estimate of drug-likeness (QED) is 0.830. The molecule has 0 amide bonds. The highest BCUT2D eigenvalue weighted by Gasteiger charge is 2.35. The molecule has 1 aliphatic rings. The zero-order valence-electron chi connectivity index (χ0n) is 10.5. The van der Waals surface area contributed by atoms with Crippen LogP contribution in [0.25, 0.3) is 0 Å². The van der Waals surface area contributed by atoms with E-state index in [4.69, 9.17) is 5.11 Å². The van der Waals surface area contributed by atoms with Gasteiger partial charge in [-0.25, -0.2) is 4.98 Å². The van der Waals surface area contributed by atoms with Crippen molar-refractivity contribution in [2.24, 2.45) is 0 Å². The van der Waals surface area contributed by atoms with Crippen LogP contribution in [0.2, 0.25) is 0 Å². The molecule has 0 bridgehead atoms. The van der Waals surface area contributed by atoms with E-state index < -0.39 is 5.60 Å². The van der Waals surface area contributed by atoms with Crippen LogP contribution < -0.4 is 0 Å². The first kappa shape index (κ1) is 13.9. The van der Waals surface area contributed by atoms with Crippen LogP contribution in [0.1, 0.15) is 25.3 Å². The van der Waals surface area contributed by atoms with Gasteiger partial charge in [0, 0.05) is 30.9 Å². The van der Waals surface area contributed by atoms with Crippen molar-refractivity contribution in [1.82, 2.24) is 9.88 Å². The molecule has 0 unspecified atom stereocenters. The number of hydrogen-bond donors (Lipinski definition) is 2. The first-order valence-corrected chi connectivity index (χ1v) is 7.04. The van der Waals surface area contributed by atoms with Gasteiger partial charge in [-0.05, 0) is 41.8 Å². The van der Waals surface area contributed by atoms with Crippen molar-refractivity contribution in [2.45, 2.75) is 31.4 Å². The average Bonchev–Trinajstić information content (AvgIpc) is 2.39. The molecule has 18 heavy (non-hydrogen) atoms. The third-order valence-electron chi connectivity index (χ3n) is 3.78. The number of likely N-dealkylation sites (tertiary alicyclic amines) is 1. The summed E-state index contributed by atoms with van der Waals surface area (Å²) in [6.07, 6.45) is 3.09. The lowest BCUT2D eigenvalue weighted by Gasteiger charge is -2.40. The summed E-state index contributed by atoms with van der Waals surface area (Å²) >= 11 is 3.30. The van der Waals surface area contributed by atoms with Gasteiger partial charge in [-0.2, -0.15) is 0 Å². The topological polar surface area (TPSA) is 56.6 Å². The Labute approximate surface area is 116 Å². The van der Waals surface area contributed by atoms with Gasteiger partial charge in [0.25, 0.3) is 0 Å². The average molecular weight is 315 g/mol. The van der Waals surface area contributed by atoms with E-state index in [1.54, 1.807) is 6.20 Å². The summed E-state index contributed by atoms with van der Waals surface area (Å²) in [4.78, 5) is 6.38. The normalized spacial score (nSPS) is 21.8. The molecule has 1 aliphatic heterocycles. The molecule has 0 saturated carbocycles. The second kappa shape index (κ2) is 5.65. The third kappa shape index (κ3) is 2.91. The van der Waals surface area contributed by atoms with Crippen LogP contribution in [0.15, 0.2) is 22.9 Å². The van der Waals surface area contributed by atoms with Crippen molar-refractivity contribution >= 4 is 15.9 Å². The second-order valence-electron chi connectivity index (χ2n) is 4.97. The van der Waals surface area contributed by atoms with E-state index in [1.807, 2.05) is 19.1 Å². The lowest BCUT2D eigenvalue weighted by molar-refractivity contribution is -0.0392. The number of aromatic nitrogens is 1. The maximum atomic E-state index is 10.7. The number of pyridine rings is 1. The highest BCUT2D eigenvalue weighted by Crippen LogP contribution is 2.33. The maximum Gasteiger partial charge on any atom is 0.106 e. The van der Waals surface area contributed by atoms with E-state index in [-0.39, 0.29) is 12.6 Å². The predicted octanol–water partition coefficient (Wildman–Crippen LogP) is 1.51. The number of hydrogen-bond acceptors (Lipinski definition) is 4. The molecular formula is C13H19BrN2O2. The molecule has 0 radical (unpaired) electrons. The number of aliphatic hydroxyl groups is 2. The van der Waals surface area contributed by atoms with Gasteiger partial charge >= 0.3 is 0 Å². The highest BCUT2D eigenvalue weighted by molar-refractivity contribution is 9.10. The Hall–Kier alpha value is -0.490. The Bertz CT molecular complexity index is 388. The molecule has 2 rings (SSSR count). The molecule has 1 aromatic heterocycles. The summed E-state index contributed by atoms with van der Waals surface area (Å²) in [7, 11) is 0. The van der Waals surface area contributed by atoms with Crippen LogP contribution >= 0.6 is 15.9 Å². The lowest BCUT2D eigenvalue weighted by Crippen LogP contribution is -2.47. The summed E-state index contributed by atoms with van der Waals surface area (Å²) in [6.45, 7) is 3.77. The van der Waals surface area contributed by atoms with Gasteiger partial charge in [-0.15, -0.1) is 0 Å². The number of piperidine rings is 1. The zero-order valence-corrected chi connectivity index (χ0v) is 12.1. The van der Waals surface area contributed by atoms with Crippen molar-refractivity contribution in [3.63, 3.8) is 0 Å². The highest BCUT2D eigenvalue weighted by atomic mass is 79.9. The second-order valence-corrected chi connectivity index (χ2v) is 5.78. The van der Waals surface area contributed by atoms with E-state index >= 15 is 0 Å². The smallest absolute Gasteiger partial charge is 0.106 e. The van der Waals surface area contributed by atoms with Gasteiger partial charge in [0.15, 0.2) is 0 Å². The minimum atomic E-state index is -0.778. The van der Waals surface area contributed by atoms with Crippen molar-refractivity contribution in [3.05, 3.63) is 28.5 Å². The molecule has 0 aliphatic carbocycles. The molecule has 100 valence electrons. The first-order chi connectivity index (χ1) is 8.55. The lowest BCUT2D eigenvalue weighted by atomic mass is 9.85. The zero-order chi connectivity index (χ0) is 13.2. The molecular weight excluding hydrogens is 296 g/mol. The molecule has 0 aromatic carbocycles. The summed E-state index contributed by atoms with van der Waals surface area (Å²) in [5.41, 5.74) is 0.0985. The fourth-order valence-corrected chi connectivity index (χ4v) is 2.62. The minimum Gasteiger partial charge on any atom is -0.395 e. The molecule has 5 heteroatoms. The predicted molar refractivity (Wildman–Crippen MR) is 73.2 cm³/mol. The van der Waals surface area contributed by atoms with Gasteiger partial charge in [-0.1, -0.05) is 6.07 Å². The molecule has 1 fully saturated rings.